The molecular weight excluding hydrogens is 507 g/mol. The normalized spacial score (nSPS) is 19.3. The Balaban J connectivity index is 0.00000341. The van der Waals surface area contributed by atoms with Gasteiger partial charge in [0.05, 0.1) is 6.61 Å². The van der Waals surface area contributed by atoms with Gasteiger partial charge in [-0.3, -0.25) is 9.79 Å². The Kier molecular flexibility index (Phi) is 12.2. The third-order valence-electron chi connectivity index (χ3n) is 5.68. The van der Waals surface area contributed by atoms with Gasteiger partial charge in [-0.1, -0.05) is 30.3 Å². The van der Waals surface area contributed by atoms with Gasteiger partial charge in [-0.2, -0.15) is 0 Å². The van der Waals surface area contributed by atoms with Crippen LogP contribution in [0.2, 0.25) is 0 Å². The van der Waals surface area contributed by atoms with Crippen LogP contribution in [0.5, 0.6) is 0 Å². The van der Waals surface area contributed by atoms with Gasteiger partial charge in [0.1, 0.15) is 6.10 Å². The Hall–Kier alpha value is -1.39. The second-order valence-electron chi connectivity index (χ2n) is 7.84. The van der Waals surface area contributed by atoms with Crippen molar-refractivity contribution in [2.45, 2.75) is 38.2 Å². The third kappa shape index (κ3) is 8.57. The number of guanidine groups is 1. The van der Waals surface area contributed by atoms with Crippen LogP contribution < -0.4 is 5.32 Å². The molecule has 8 heteroatoms. The summed E-state index contributed by atoms with van der Waals surface area (Å²) >= 11 is 0. The first-order valence-corrected chi connectivity index (χ1v) is 11.3. The fraction of sp³-hybridized carbons (Fsp3) is 0.652. The summed E-state index contributed by atoms with van der Waals surface area (Å²) < 4.78 is 11.3. The SMILES string of the molecule is CN=C(NCCCCOCCc1ccccc1)N1CCN(C(=O)C2CCCO2)CC1.I. The largest absolute Gasteiger partial charge is 0.381 e. The summed E-state index contributed by atoms with van der Waals surface area (Å²) in [6.45, 7) is 6.23. The van der Waals surface area contributed by atoms with Crippen molar-refractivity contribution in [3.8, 4) is 0 Å². The summed E-state index contributed by atoms with van der Waals surface area (Å²) in [6, 6.07) is 10.4. The quantitative estimate of drug-likeness (QED) is 0.224. The average Bonchev–Trinajstić information content (AvgIpc) is 3.33. The molecule has 0 radical (unpaired) electrons. The summed E-state index contributed by atoms with van der Waals surface area (Å²) in [5.74, 6) is 1.08. The minimum Gasteiger partial charge on any atom is -0.381 e. The van der Waals surface area contributed by atoms with Gasteiger partial charge >= 0.3 is 0 Å². The molecular formula is C23H37IN4O3. The Labute approximate surface area is 203 Å². The molecule has 1 aromatic rings. The molecule has 1 unspecified atom stereocenters. The molecule has 31 heavy (non-hydrogen) atoms. The van der Waals surface area contributed by atoms with E-state index in [2.05, 4.69) is 39.5 Å². The molecule has 0 bridgehead atoms. The van der Waals surface area contributed by atoms with Crippen molar-refractivity contribution in [2.75, 3.05) is 59.6 Å². The fourth-order valence-corrected chi connectivity index (χ4v) is 3.91. The zero-order valence-corrected chi connectivity index (χ0v) is 21.0. The fourth-order valence-electron chi connectivity index (χ4n) is 3.91. The molecule has 0 spiro atoms. The van der Waals surface area contributed by atoms with Crippen molar-refractivity contribution in [3.05, 3.63) is 35.9 Å². The van der Waals surface area contributed by atoms with E-state index < -0.39 is 0 Å². The second-order valence-corrected chi connectivity index (χ2v) is 7.84. The first-order valence-electron chi connectivity index (χ1n) is 11.3. The second kappa shape index (κ2) is 14.6. The van der Waals surface area contributed by atoms with Crippen molar-refractivity contribution < 1.29 is 14.3 Å². The molecule has 7 nitrogen and oxygen atoms in total. The molecule has 0 aromatic heterocycles. The molecule has 0 aliphatic carbocycles. The smallest absolute Gasteiger partial charge is 0.251 e. The minimum atomic E-state index is -0.219. The van der Waals surface area contributed by atoms with E-state index in [1.165, 1.54) is 5.56 Å². The lowest BCUT2D eigenvalue weighted by molar-refractivity contribution is -0.142. The molecule has 1 aromatic carbocycles. The number of halogens is 1. The van der Waals surface area contributed by atoms with Gasteiger partial charge in [-0.05, 0) is 37.7 Å². The van der Waals surface area contributed by atoms with E-state index in [-0.39, 0.29) is 36.0 Å². The number of unbranched alkanes of at least 4 members (excludes halogenated alkanes) is 1. The predicted octanol–water partition coefficient (Wildman–Crippen LogP) is 2.54. The zero-order valence-electron chi connectivity index (χ0n) is 18.6. The number of hydrogen-bond acceptors (Lipinski definition) is 4. The lowest BCUT2D eigenvalue weighted by Gasteiger charge is -2.37. The minimum absolute atomic E-state index is 0. The van der Waals surface area contributed by atoms with Crippen molar-refractivity contribution in [1.29, 1.82) is 0 Å². The molecule has 1 N–H and O–H groups in total. The van der Waals surface area contributed by atoms with Crippen molar-refractivity contribution in [1.82, 2.24) is 15.1 Å². The van der Waals surface area contributed by atoms with Crippen LogP contribution in [-0.2, 0) is 20.7 Å². The van der Waals surface area contributed by atoms with E-state index in [4.69, 9.17) is 9.47 Å². The molecule has 2 aliphatic rings. The highest BCUT2D eigenvalue weighted by atomic mass is 127. The number of carbonyl (C=O) groups excluding carboxylic acids is 1. The molecule has 2 heterocycles. The Bertz CT molecular complexity index is 660. The highest BCUT2D eigenvalue weighted by molar-refractivity contribution is 14.0. The molecule has 174 valence electrons. The number of rotatable bonds is 9. The highest BCUT2D eigenvalue weighted by Gasteiger charge is 2.30. The van der Waals surface area contributed by atoms with Gasteiger partial charge in [0, 0.05) is 53.0 Å². The van der Waals surface area contributed by atoms with Crippen LogP contribution in [0.15, 0.2) is 35.3 Å². The van der Waals surface area contributed by atoms with Crippen LogP contribution in [0.1, 0.15) is 31.2 Å². The van der Waals surface area contributed by atoms with E-state index in [1.54, 1.807) is 0 Å². The first-order chi connectivity index (χ1) is 14.8. The number of hydrogen-bond donors (Lipinski definition) is 1. The van der Waals surface area contributed by atoms with Crippen LogP contribution in [0.3, 0.4) is 0 Å². The number of nitrogens with zero attached hydrogens (tertiary/aromatic N) is 3. The van der Waals surface area contributed by atoms with Crippen LogP contribution >= 0.6 is 24.0 Å². The molecule has 2 aliphatic heterocycles. The topological polar surface area (TPSA) is 66.4 Å². The van der Waals surface area contributed by atoms with E-state index >= 15 is 0 Å². The summed E-state index contributed by atoms with van der Waals surface area (Å²) in [7, 11) is 1.82. The molecule has 2 fully saturated rings. The van der Waals surface area contributed by atoms with Gasteiger partial charge in [0.25, 0.3) is 5.91 Å². The van der Waals surface area contributed by atoms with Crippen LogP contribution in [0.25, 0.3) is 0 Å². The van der Waals surface area contributed by atoms with Crippen molar-refractivity contribution in [3.63, 3.8) is 0 Å². The Morgan fingerprint density at radius 2 is 1.87 bits per heavy atom. The van der Waals surface area contributed by atoms with E-state index in [0.29, 0.717) is 6.61 Å². The van der Waals surface area contributed by atoms with Gasteiger partial charge < -0.3 is 24.6 Å². The van der Waals surface area contributed by atoms with Gasteiger partial charge in [0.2, 0.25) is 0 Å². The Morgan fingerprint density at radius 3 is 2.55 bits per heavy atom. The maximum atomic E-state index is 12.5. The molecule has 0 saturated carbocycles. The van der Waals surface area contributed by atoms with E-state index in [1.807, 2.05) is 18.0 Å². The number of ether oxygens (including phenoxy) is 2. The zero-order chi connectivity index (χ0) is 21.0. The van der Waals surface area contributed by atoms with Gasteiger partial charge in [0.15, 0.2) is 5.96 Å². The maximum absolute atomic E-state index is 12.5. The van der Waals surface area contributed by atoms with Crippen LogP contribution in [-0.4, -0.2) is 87.4 Å². The molecule has 1 atom stereocenters. The van der Waals surface area contributed by atoms with Gasteiger partial charge in [-0.25, -0.2) is 0 Å². The van der Waals surface area contributed by atoms with E-state index in [0.717, 1.165) is 84.0 Å². The number of piperazine rings is 1. The monoisotopic (exact) mass is 544 g/mol. The average molecular weight is 544 g/mol. The number of benzene rings is 1. The highest BCUT2D eigenvalue weighted by Crippen LogP contribution is 2.16. The summed E-state index contributed by atoms with van der Waals surface area (Å²) in [6.07, 6.45) is 4.67. The molecule has 2 saturated heterocycles. The third-order valence-corrected chi connectivity index (χ3v) is 5.68. The number of amides is 1. The molecule has 3 rings (SSSR count). The van der Waals surface area contributed by atoms with Crippen molar-refractivity contribution in [2.24, 2.45) is 4.99 Å². The van der Waals surface area contributed by atoms with Crippen molar-refractivity contribution >= 4 is 35.8 Å². The first kappa shape index (κ1) is 25.9. The van der Waals surface area contributed by atoms with Crippen LogP contribution in [0, 0.1) is 0 Å². The predicted molar refractivity (Wildman–Crippen MR) is 134 cm³/mol. The van der Waals surface area contributed by atoms with Gasteiger partial charge in [-0.15, -0.1) is 24.0 Å². The van der Waals surface area contributed by atoms with Crippen LogP contribution in [0.4, 0.5) is 0 Å². The number of nitrogens with one attached hydrogen (secondary N) is 1. The van der Waals surface area contributed by atoms with E-state index in [9.17, 15) is 4.79 Å². The number of carbonyl (C=O) groups is 1. The lowest BCUT2D eigenvalue weighted by Crippen LogP contribution is -2.55. The summed E-state index contributed by atoms with van der Waals surface area (Å²) in [4.78, 5) is 21.1. The number of aliphatic imine (C=N–C) groups is 1. The lowest BCUT2D eigenvalue weighted by atomic mass is 10.2. The standard InChI is InChI=1S/C23H36N4O3.HI/c1-24-23(25-12-5-6-17-29-19-11-20-8-3-2-4-9-20)27-15-13-26(14-16-27)22(28)21-10-7-18-30-21;/h2-4,8-9,21H,5-7,10-19H2,1H3,(H,24,25);1H. The summed E-state index contributed by atoms with van der Waals surface area (Å²) in [5, 5.41) is 3.45. The molecule has 1 amide bonds. The summed E-state index contributed by atoms with van der Waals surface area (Å²) in [5.41, 5.74) is 1.32. The Morgan fingerprint density at radius 1 is 1.13 bits per heavy atom. The maximum Gasteiger partial charge on any atom is 0.251 e.